The van der Waals surface area contributed by atoms with Crippen LogP contribution in [0.3, 0.4) is 0 Å². The Balaban J connectivity index is 0. The van der Waals surface area contributed by atoms with Gasteiger partial charge in [0.2, 0.25) is 0 Å². The number of allylic oxidation sites excluding steroid dienone is 1. The zero-order valence-corrected chi connectivity index (χ0v) is 5.58. The van der Waals surface area contributed by atoms with Crippen molar-refractivity contribution in [2.24, 2.45) is 0 Å². The van der Waals surface area contributed by atoms with Crippen LogP contribution >= 0.6 is 20.4 Å². The predicted octanol–water partition coefficient (Wildman–Crippen LogP) is 1.68. The topological polar surface area (TPSA) is 37.3 Å². The van der Waals surface area contributed by atoms with E-state index in [0.29, 0.717) is 0 Å². The summed E-state index contributed by atoms with van der Waals surface area (Å²) in [5, 5.41) is 0. The third-order valence-corrected chi connectivity index (χ3v) is 0.830. The molecule has 0 aliphatic carbocycles. The minimum absolute atomic E-state index is 0. The summed E-state index contributed by atoms with van der Waals surface area (Å²) in [4.78, 5) is 7.97. The molecule has 2 nitrogen and oxygen atoms in total. The lowest BCUT2D eigenvalue weighted by Crippen LogP contribution is -1.41. The maximum Gasteiger partial charge on any atom is 0.537 e. The number of hydrogen-bond acceptors (Lipinski definition) is 1. The van der Waals surface area contributed by atoms with Crippen molar-refractivity contribution in [2.45, 2.75) is 6.92 Å². The smallest absolute Gasteiger partial charge is 0.157 e. The minimum Gasteiger partial charge on any atom is -0.157 e. The molecule has 1 unspecified atom stereocenters. The Hall–Kier alpha value is 0.0900. The number of hydrogen-bond donors (Lipinski definition) is 1. The molecule has 1 N–H and O–H groups in total. The van der Waals surface area contributed by atoms with E-state index >= 15 is 0 Å². The Morgan fingerprint density at radius 3 is 2.14 bits per heavy atom. The summed E-state index contributed by atoms with van der Waals surface area (Å²) in [6, 6.07) is 0. The molecule has 1 atom stereocenters. The molecule has 0 amide bonds. The van der Waals surface area contributed by atoms with Crippen LogP contribution in [0.2, 0.25) is 0 Å². The first-order valence-corrected chi connectivity index (χ1v) is 2.83. The van der Waals surface area contributed by atoms with Crippen molar-refractivity contribution in [3.63, 3.8) is 0 Å². The van der Waals surface area contributed by atoms with Crippen molar-refractivity contribution < 1.29 is 9.46 Å². The summed E-state index contributed by atoms with van der Waals surface area (Å²) in [6.07, 6.45) is 1.54. The summed E-state index contributed by atoms with van der Waals surface area (Å²) >= 11 is 0. The molecule has 4 heteroatoms. The molecule has 7 heavy (non-hydrogen) atoms. The van der Waals surface area contributed by atoms with Crippen molar-refractivity contribution in [1.82, 2.24) is 0 Å². The van der Waals surface area contributed by atoms with E-state index in [1.165, 1.54) is 5.82 Å². The monoisotopic (exact) mass is 141 g/mol. The fourth-order valence-electron chi connectivity index (χ4n) is 0.128. The van der Waals surface area contributed by atoms with Crippen molar-refractivity contribution in [3.8, 4) is 0 Å². The summed E-state index contributed by atoms with van der Waals surface area (Å²) in [5.41, 5.74) is 0. The normalized spacial score (nSPS) is 10.9. The van der Waals surface area contributed by atoms with Crippen LogP contribution in [0.1, 0.15) is 6.92 Å². The van der Waals surface area contributed by atoms with E-state index in [1.807, 2.05) is 0 Å². The lowest BCUT2D eigenvalue weighted by Gasteiger charge is -1.50. The second-order valence-electron chi connectivity index (χ2n) is 0.785. The summed E-state index contributed by atoms with van der Waals surface area (Å²) in [5.74, 6) is 1.23. The van der Waals surface area contributed by atoms with Gasteiger partial charge in [0, 0.05) is 0 Å². The third-order valence-electron chi connectivity index (χ3n) is 0.277. The van der Waals surface area contributed by atoms with Crippen LogP contribution in [0.25, 0.3) is 0 Å². The zero-order valence-electron chi connectivity index (χ0n) is 3.87. The van der Waals surface area contributed by atoms with Crippen LogP contribution in [-0.4, -0.2) is 4.89 Å². The molecule has 0 saturated heterocycles. The van der Waals surface area contributed by atoms with Crippen LogP contribution in [0.4, 0.5) is 0 Å². The zero-order chi connectivity index (χ0) is 4.99. The highest BCUT2D eigenvalue weighted by Crippen LogP contribution is 2.12. The Labute approximate surface area is 49.5 Å². The summed E-state index contributed by atoms with van der Waals surface area (Å²) in [6.45, 7) is 1.70. The second kappa shape index (κ2) is 6.09. The van der Waals surface area contributed by atoms with Gasteiger partial charge in [0.15, 0.2) is 5.82 Å². The Bertz CT molecular complexity index is 81.0. The highest BCUT2D eigenvalue weighted by molar-refractivity contribution is 7.41. The Kier molecular flexibility index (Phi) is 8.83. The standard InChI is InChI=1S/C3H5O2P.ClH/c1-2-3-6(4)5;/h2-3H,1H3;1H/p+1. The third kappa shape index (κ3) is 10.7. The first-order valence-electron chi connectivity index (χ1n) is 1.55. The van der Waals surface area contributed by atoms with Gasteiger partial charge in [0.05, 0.1) is 0 Å². The van der Waals surface area contributed by atoms with Gasteiger partial charge in [0.1, 0.15) is 0 Å². The van der Waals surface area contributed by atoms with Gasteiger partial charge in [-0.3, -0.25) is 0 Å². The van der Waals surface area contributed by atoms with Gasteiger partial charge in [-0.05, 0) is 17.6 Å². The molecule has 0 rings (SSSR count). The minimum atomic E-state index is -2.03. The molecular formula is C3H7ClO2P+. The summed E-state index contributed by atoms with van der Waals surface area (Å²) < 4.78 is 9.66. The van der Waals surface area contributed by atoms with E-state index in [2.05, 4.69) is 0 Å². The van der Waals surface area contributed by atoms with Gasteiger partial charge in [-0.25, -0.2) is 0 Å². The average Bonchev–Trinajstić information content (AvgIpc) is 1.35. The first kappa shape index (κ1) is 10.1. The van der Waals surface area contributed by atoms with Crippen molar-refractivity contribution in [3.05, 3.63) is 11.9 Å². The number of halogens is 1. The molecule has 0 heterocycles. The molecule has 0 aromatic rings. The fourth-order valence-corrected chi connectivity index (χ4v) is 0.383. The number of rotatable bonds is 1. The highest BCUT2D eigenvalue weighted by atomic mass is 35.5. The van der Waals surface area contributed by atoms with E-state index in [-0.39, 0.29) is 12.4 Å². The highest BCUT2D eigenvalue weighted by Gasteiger charge is 1.96. The quantitative estimate of drug-likeness (QED) is 0.564. The van der Waals surface area contributed by atoms with Gasteiger partial charge in [-0.15, -0.1) is 12.4 Å². The van der Waals surface area contributed by atoms with E-state index in [9.17, 15) is 4.57 Å². The Morgan fingerprint density at radius 1 is 1.71 bits per heavy atom. The van der Waals surface area contributed by atoms with E-state index in [1.54, 1.807) is 13.0 Å². The molecule has 0 aliphatic rings. The lowest BCUT2D eigenvalue weighted by molar-refractivity contribution is 0.512. The van der Waals surface area contributed by atoms with E-state index in [4.69, 9.17) is 4.89 Å². The van der Waals surface area contributed by atoms with Crippen LogP contribution in [0, 0.1) is 0 Å². The maximum atomic E-state index is 9.66. The van der Waals surface area contributed by atoms with Crippen LogP contribution in [0.5, 0.6) is 0 Å². The molecule has 0 aromatic heterocycles. The molecule has 0 radical (unpaired) electrons. The van der Waals surface area contributed by atoms with Gasteiger partial charge in [-0.1, -0.05) is 0 Å². The SMILES string of the molecule is CC=C[P+](=O)O.Cl. The maximum absolute atomic E-state index is 9.66. The Morgan fingerprint density at radius 2 is 2.14 bits per heavy atom. The molecule has 0 fully saturated rings. The molecule has 0 spiro atoms. The molecule has 0 aliphatic heterocycles. The first-order chi connectivity index (χ1) is 2.77. The molecule has 0 saturated carbocycles. The molecule has 0 aromatic carbocycles. The largest absolute Gasteiger partial charge is 0.537 e. The van der Waals surface area contributed by atoms with Crippen molar-refractivity contribution >= 4 is 20.4 Å². The van der Waals surface area contributed by atoms with E-state index < -0.39 is 8.03 Å². The lowest BCUT2D eigenvalue weighted by atomic mass is 10.8. The van der Waals surface area contributed by atoms with Crippen molar-refractivity contribution in [1.29, 1.82) is 0 Å². The van der Waals surface area contributed by atoms with Crippen LogP contribution in [0.15, 0.2) is 11.9 Å². The van der Waals surface area contributed by atoms with E-state index in [0.717, 1.165) is 0 Å². The molecule has 0 bridgehead atoms. The second-order valence-corrected chi connectivity index (χ2v) is 1.69. The average molecular weight is 142 g/mol. The fraction of sp³-hybridized carbons (Fsp3) is 0.333. The van der Waals surface area contributed by atoms with Gasteiger partial charge >= 0.3 is 8.03 Å². The predicted molar refractivity (Wildman–Crippen MR) is 31.9 cm³/mol. The van der Waals surface area contributed by atoms with Gasteiger partial charge in [-0.2, -0.15) is 4.89 Å². The van der Waals surface area contributed by atoms with Gasteiger partial charge < -0.3 is 0 Å². The molecule has 42 valence electrons. The van der Waals surface area contributed by atoms with Crippen molar-refractivity contribution in [2.75, 3.05) is 0 Å². The van der Waals surface area contributed by atoms with Crippen LogP contribution < -0.4 is 0 Å². The van der Waals surface area contributed by atoms with Crippen LogP contribution in [-0.2, 0) is 4.57 Å². The van der Waals surface area contributed by atoms with Gasteiger partial charge in [0.25, 0.3) is 0 Å². The summed E-state index contributed by atoms with van der Waals surface area (Å²) in [7, 11) is -2.03. The molecular weight excluding hydrogens is 134 g/mol.